The van der Waals surface area contributed by atoms with E-state index in [0.717, 1.165) is 5.56 Å². The van der Waals surface area contributed by atoms with Gasteiger partial charge in [0, 0.05) is 28.9 Å². The van der Waals surface area contributed by atoms with Gasteiger partial charge < -0.3 is 25.0 Å². The van der Waals surface area contributed by atoms with Gasteiger partial charge >= 0.3 is 0 Å². The highest BCUT2D eigenvalue weighted by Crippen LogP contribution is 2.25. The van der Waals surface area contributed by atoms with Gasteiger partial charge in [-0.05, 0) is 62.1 Å². The number of carbonyl (C=O) groups excluding carboxylic acids is 2. The smallest absolute Gasteiger partial charge is 0.262 e. The first-order valence-corrected chi connectivity index (χ1v) is 11.1. The number of likely N-dealkylation sites (N-methyl/N-ethyl adjacent to an activating group) is 1. The molecule has 1 unspecified atom stereocenters. The Labute approximate surface area is 204 Å². The fourth-order valence-corrected chi connectivity index (χ4v) is 3.62. The lowest BCUT2D eigenvalue weighted by molar-refractivity contribution is -0.118. The molecular formula is C26H28ClN3O4. The molecule has 3 aromatic carbocycles. The van der Waals surface area contributed by atoms with Crippen LogP contribution in [0.3, 0.4) is 0 Å². The van der Waals surface area contributed by atoms with Crippen LogP contribution in [0.2, 0.25) is 5.02 Å². The third-order valence-electron chi connectivity index (χ3n) is 5.18. The number of halogens is 1. The Hall–Kier alpha value is -3.55. The molecule has 0 aliphatic heterocycles. The van der Waals surface area contributed by atoms with Crippen molar-refractivity contribution in [2.45, 2.75) is 6.04 Å². The molecule has 0 saturated heterocycles. The number of benzene rings is 3. The second-order valence-electron chi connectivity index (χ2n) is 7.80. The Morgan fingerprint density at radius 2 is 1.71 bits per heavy atom. The Morgan fingerprint density at radius 1 is 0.971 bits per heavy atom. The van der Waals surface area contributed by atoms with Crippen molar-refractivity contribution in [3.8, 4) is 11.5 Å². The summed E-state index contributed by atoms with van der Waals surface area (Å²) in [6, 6.07) is 21.2. The highest BCUT2D eigenvalue weighted by atomic mass is 35.5. The number of nitrogens with one attached hydrogen (secondary N) is 2. The highest BCUT2D eigenvalue weighted by molar-refractivity contribution is 6.31. The second kappa shape index (κ2) is 12.1. The topological polar surface area (TPSA) is 79.9 Å². The lowest BCUT2D eigenvalue weighted by Gasteiger charge is -2.26. The molecule has 0 aliphatic carbocycles. The fraction of sp³-hybridized carbons (Fsp3) is 0.231. The maximum absolute atomic E-state index is 12.6. The van der Waals surface area contributed by atoms with Gasteiger partial charge in [-0.1, -0.05) is 35.9 Å². The molecular weight excluding hydrogens is 454 g/mol. The van der Waals surface area contributed by atoms with Crippen molar-refractivity contribution in [3.63, 3.8) is 0 Å². The maximum Gasteiger partial charge on any atom is 0.262 e. The van der Waals surface area contributed by atoms with Crippen molar-refractivity contribution in [1.82, 2.24) is 10.2 Å². The average molecular weight is 482 g/mol. The summed E-state index contributed by atoms with van der Waals surface area (Å²) in [5.41, 5.74) is 2.06. The zero-order valence-corrected chi connectivity index (χ0v) is 20.1. The monoisotopic (exact) mass is 481 g/mol. The molecule has 3 aromatic rings. The summed E-state index contributed by atoms with van der Waals surface area (Å²) >= 11 is 6.34. The van der Waals surface area contributed by atoms with Crippen LogP contribution in [0.1, 0.15) is 22.0 Å². The van der Waals surface area contributed by atoms with Gasteiger partial charge in [0.1, 0.15) is 11.5 Å². The van der Waals surface area contributed by atoms with E-state index in [0.29, 0.717) is 34.3 Å². The number of methoxy groups -OCH3 is 1. The first-order valence-electron chi connectivity index (χ1n) is 10.7. The van der Waals surface area contributed by atoms with E-state index in [1.54, 1.807) is 55.6 Å². The van der Waals surface area contributed by atoms with Crippen LogP contribution in [-0.2, 0) is 4.79 Å². The number of anilines is 1. The summed E-state index contributed by atoms with van der Waals surface area (Å²) in [7, 11) is 5.45. The van der Waals surface area contributed by atoms with Crippen LogP contribution in [0.5, 0.6) is 11.5 Å². The van der Waals surface area contributed by atoms with Gasteiger partial charge in [-0.25, -0.2) is 0 Å². The van der Waals surface area contributed by atoms with Gasteiger partial charge in [0.15, 0.2) is 6.61 Å². The van der Waals surface area contributed by atoms with Crippen molar-refractivity contribution in [3.05, 3.63) is 88.9 Å². The first-order chi connectivity index (χ1) is 16.4. The van der Waals surface area contributed by atoms with Gasteiger partial charge in [0.2, 0.25) is 0 Å². The van der Waals surface area contributed by atoms with E-state index in [1.165, 1.54) is 0 Å². The van der Waals surface area contributed by atoms with Crippen LogP contribution in [0.25, 0.3) is 0 Å². The number of nitrogens with zero attached hydrogens (tertiary/aromatic N) is 1. The molecule has 178 valence electrons. The lowest BCUT2D eigenvalue weighted by atomic mass is 10.1. The zero-order chi connectivity index (χ0) is 24.5. The Kier molecular flexibility index (Phi) is 8.90. The SMILES string of the molecule is COc1cccc(NC(=O)COc2ccc(C(=O)NCC(c3ccccc3Cl)N(C)C)cc2)c1. The Morgan fingerprint density at radius 3 is 2.38 bits per heavy atom. The summed E-state index contributed by atoms with van der Waals surface area (Å²) in [6.07, 6.45) is 0. The zero-order valence-electron chi connectivity index (χ0n) is 19.4. The van der Waals surface area contributed by atoms with E-state index < -0.39 is 0 Å². The van der Waals surface area contributed by atoms with E-state index >= 15 is 0 Å². The van der Waals surface area contributed by atoms with Crippen molar-refractivity contribution < 1.29 is 19.1 Å². The van der Waals surface area contributed by atoms with Crippen LogP contribution < -0.4 is 20.1 Å². The molecule has 0 fully saturated rings. The molecule has 7 nitrogen and oxygen atoms in total. The van der Waals surface area contributed by atoms with E-state index in [4.69, 9.17) is 21.1 Å². The molecule has 0 saturated carbocycles. The molecule has 0 aliphatic rings. The van der Waals surface area contributed by atoms with Crippen molar-refractivity contribution >= 4 is 29.1 Å². The van der Waals surface area contributed by atoms with Gasteiger partial charge in [-0.3, -0.25) is 9.59 Å². The third-order valence-corrected chi connectivity index (χ3v) is 5.53. The van der Waals surface area contributed by atoms with Gasteiger partial charge in [-0.15, -0.1) is 0 Å². The normalized spacial score (nSPS) is 11.6. The highest BCUT2D eigenvalue weighted by Gasteiger charge is 2.18. The van der Waals surface area contributed by atoms with E-state index in [2.05, 4.69) is 10.6 Å². The molecule has 0 spiro atoms. The summed E-state index contributed by atoms with van der Waals surface area (Å²) < 4.78 is 10.7. The average Bonchev–Trinajstić information content (AvgIpc) is 2.84. The van der Waals surface area contributed by atoms with E-state index in [1.807, 2.05) is 43.3 Å². The number of ether oxygens (including phenoxy) is 2. The number of amides is 2. The minimum Gasteiger partial charge on any atom is -0.497 e. The molecule has 0 bridgehead atoms. The van der Waals surface area contributed by atoms with Crippen molar-refractivity contribution in [1.29, 1.82) is 0 Å². The molecule has 2 N–H and O–H groups in total. The molecule has 8 heteroatoms. The van der Waals surface area contributed by atoms with Crippen LogP contribution in [0.4, 0.5) is 5.69 Å². The second-order valence-corrected chi connectivity index (χ2v) is 8.21. The molecule has 34 heavy (non-hydrogen) atoms. The molecule has 2 amide bonds. The Bertz CT molecular complexity index is 1120. The summed E-state index contributed by atoms with van der Waals surface area (Å²) in [5, 5.41) is 6.37. The van der Waals surface area contributed by atoms with Gasteiger partial charge in [0.25, 0.3) is 11.8 Å². The van der Waals surface area contributed by atoms with Gasteiger partial charge in [0.05, 0.1) is 13.2 Å². The summed E-state index contributed by atoms with van der Waals surface area (Å²) in [6.45, 7) is 0.239. The number of hydrogen-bond donors (Lipinski definition) is 2. The predicted octanol–water partition coefficient (Wildman–Crippen LogP) is 4.40. The largest absolute Gasteiger partial charge is 0.497 e. The summed E-state index contributed by atoms with van der Waals surface area (Å²) in [4.78, 5) is 26.8. The molecule has 0 radical (unpaired) electrons. The van der Waals surface area contributed by atoms with Crippen LogP contribution in [0, 0.1) is 0 Å². The first kappa shape index (κ1) is 25.1. The van der Waals surface area contributed by atoms with E-state index in [9.17, 15) is 9.59 Å². The van der Waals surface area contributed by atoms with Crippen molar-refractivity contribution in [2.24, 2.45) is 0 Å². The van der Waals surface area contributed by atoms with Crippen LogP contribution in [-0.4, -0.2) is 51.1 Å². The maximum atomic E-state index is 12.6. The van der Waals surface area contributed by atoms with Crippen molar-refractivity contribution in [2.75, 3.05) is 39.7 Å². The van der Waals surface area contributed by atoms with Crippen LogP contribution in [0.15, 0.2) is 72.8 Å². The molecule has 1 atom stereocenters. The minimum atomic E-state index is -0.302. The fourth-order valence-electron chi connectivity index (χ4n) is 3.36. The van der Waals surface area contributed by atoms with E-state index in [-0.39, 0.29) is 24.5 Å². The molecule has 0 heterocycles. The van der Waals surface area contributed by atoms with Crippen LogP contribution >= 0.6 is 11.6 Å². The molecule has 3 rings (SSSR count). The van der Waals surface area contributed by atoms with Gasteiger partial charge in [-0.2, -0.15) is 0 Å². The Balaban J connectivity index is 1.51. The third kappa shape index (κ3) is 6.97. The molecule has 0 aromatic heterocycles. The summed E-state index contributed by atoms with van der Waals surface area (Å²) in [5.74, 6) is 0.626. The number of carbonyl (C=O) groups is 2. The number of rotatable bonds is 10. The quantitative estimate of drug-likeness (QED) is 0.448. The minimum absolute atomic E-state index is 0.0663. The predicted molar refractivity (Wildman–Crippen MR) is 134 cm³/mol. The lowest BCUT2D eigenvalue weighted by Crippen LogP contribution is -2.34. The standard InChI is InChI=1S/C26H28ClN3O4/c1-30(2)24(22-9-4-5-10-23(22)27)16-28-26(32)18-11-13-20(14-12-18)34-17-25(31)29-19-7-6-8-21(15-19)33-3/h4-15,24H,16-17H2,1-3H3,(H,28,32)(H,29,31). The number of hydrogen-bond acceptors (Lipinski definition) is 5.